The number of nitrogens with one attached hydrogen (secondary N) is 1. The number of carbonyl (C=O) groups is 2. The van der Waals surface area contributed by atoms with Gasteiger partial charge in [0.1, 0.15) is 6.04 Å². The van der Waals surface area contributed by atoms with E-state index >= 15 is 0 Å². The monoisotopic (exact) mass is 480 g/mol. The van der Waals surface area contributed by atoms with Crippen molar-refractivity contribution < 1.29 is 15.1 Å². The standard InChI is InChI=1S/C24H35ClN4O2.CH4.H2O/c1-15(2)21(28-22(30)17-11-19(26)13-27-12-17)23(31)29-10-9-20(24(3,4)14-29)16-5-7-18(25)8-6-16;;/h5,7-8,11,13,15-17,20-21H,6,9-10,12,14,26H2,1-4H3,(H,28,30);1H4;1H2/t16?,17?,20-,21-;;/m1../s1. The zero-order valence-electron chi connectivity index (χ0n) is 19.5. The van der Waals surface area contributed by atoms with Crippen LogP contribution in [0.2, 0.25) is 0 Å². The maximum atomic E-state index is 13.4. The average molecular weight is 481 g/mol. The Hall–Kier alpha value is -2.12. The first-order chi connectivity index (χ1) is 14.6. The number of nitrogens with zero attached hydrogens (tertiary/aromatic N) is 2. The van der Waals surface area contributed by atoms with Crippen molar-refractivity contribution in [3.05, 3.63) is 35.0 Å². The highest BCUT2D eigenvalue weighted by Crippen LogP contribution is 2.43. The van der Waals surface area contributed by atoms with Gasteiger partial charge in [-0.3, -0.25) is 14.6 Å². The molecule has 1 fully saturated rings. The first-order valence-corrected chi connectivity index (χ1v) is 11.6. The molecule has 2 unspecified atom stereocenters. The molecule has 186 valence electrons. The molecule has 5 N–H and O–H groups in total. The smallest absolute Gasteiger partial charge is 0.245 e. The number of nitrogens with two attached hydrogens (primary N) is 1. The zero-order chi connectivity index (χ0) is 22.8. The number of hydrogen-bond acceptors (Lipinski definition) is 4. The van der Waals surface area contributed by atoms with Crippen molar-refractivity contribution in [3.63, 3.8) is 0 Å². The van der Waals surface area contributed by atoms with Gasteiger partial charge in [0, 0.05) is 30.0 Å². The summed E-state index contributed by atoms with van der Waals surface area (Å²) in [5.41, 5.74) is 6.24. The van der Waals surface area contributed by atoms with Crippen LogP contribution in [0, 0.1) is 29.1 Å². The van der Waals surface area contributed by atoms with E-state index in [0.29, 0.717) is 37.2 Å². The predicted molar refractivity (Wildman–Crippen MR) is 136 cm³/mol. The van der Waals surface area contributed by atoms with Crippen LogP contribution in [0.1, 0.15) is 48.0 Å². The number of allylic oxidation sites excluding steroid dienone is 5. The van der Waals surface area contributed by atoms with Gasteiger partial charge < -0.3 is 21.4 Å². The Balaban J connectivity index is 0.00000272. The first kappa shape index (κ1) is 28.9. The summed E-state index contributed by atoms with van der Waals surface area (Å²) in [4.78, 5) is 32.3. The van der Waals surface area contributed by atoms with Crippen molar-refractivity contribution in [2.75, 3.05) is 19.6 Å². The number of rotatable bonds is 5. The Kier molecular flexibility index (Phi) is 10.4. The molecule has 0 saturated carbocycles. The largest absolute Gasteiger partial charge is 0.412 e. The fourth-order valence-corrected chi connectivity index (χ4v) is 5.16. The van der Waals surface area contributed by atoms with Gasteiger partial charge in [-0.25, -0.2) is 0 Å². The number of amides is 2. The van der Waals surface area contributed by atoms with Crippen molar-refractivity contribution in [1.29, 1.82) is 0 Å². The number of dihydropyridines is 1. The van der Waals surface area contributed by atoms with Gasteiger partial charge in [-0.2, -0.15) is 0 Å². The van der Waals surface area contributed by atoms with E-state index in [-0.39, 0.29) is 36.1 Å². The number of hydrogen-bond donors (Lipinski definition) is 2. The van der Waals surface area contributed by atoms with Crippen LogP contribution in [0.15, 0.2) is 40.0 Å². The van der Waals surface area contributed by atoms with Crippen LogP contribution in [-0.4, -0.2) is 54.1 Å². The lowest BCUT2D eigenvalue weighted by atomic mass is 9.66. The Morgan fingerprint density at radius 3 is 2.58 bits per heavy atom. The minimum atomic E-state index is -0.559. The van der Waals surface area contributed by atoms with Crippen LogP contribution in [0.3, 0.4) is 0 Å². The van der Waals surface area contributed by atoms with E-state index in [1.165, 1.54) is 0 Å². The molecule has 8 heteroatoms. The van der Waals surface area contributed by atoms with E-state index in [1.807, 2.05) is 24.8 Å². The molecule has 33 heavy (non-hydrogen) atoms. The lowest BCUT2D eigenvalue weighted by Gasteiger charge is -2.48. The lowest BCUT2D eigenvalue weighted by molar-refractivity contribution is -0.142. The molecule has 3 aliphatic rings. The summed E-state index contributed by atoms with van der Waals surface area (Å²) in [6, 6.07) is -0.559. The second-order valence-electron chi connectivity index (χ2n) is 9.99. The maximum Gasteiger partial charge on any atom is 0.245 e. The number of carbonyl (C=O) groups excluding carboxylic acids is 2. The third kappa shape index (κ3) is 6.93. The maximum absolute atomic E-state index is 13.4. The van der Waals surface area contributed by atoms with E-state index in [4.69, 9.17) is 17.3 Å². The van der Waals surface area contributed by atoms with E-state index in [0.717, 1.165) is 17.9 Å². The molecule has 0 aromatic carbocycles. The van der Waals surface area contributed by atoms with Gasteiger partial charge in [0.15, 0.2) is 0 Å². The van der Waals surface area contributed by atoms with Gasteiger partial charge in [-0.15, -0.1) is 0 Å². The summed E-state index contributed by atoms with van der Waals surface area (Å²) in [7, 11) is 0. The topological polar surface area (TPSA) is 119 Å². The summed E-state index contributed by atoms with van der Waals surface area (Å²) in [5, 5.41) is 3.78. The van der Waals surface area contributed by atoms with Crippen molar-refractivity contribution in [2.24, 2.45) is 39.8 Å². The van der Waals surface area contributed by atoms with Gasteiger partial charge in [0.25, 0.3) is 0 Å². The zero-order valence-corrected chi connectivity index (χ0v) is 20.2. The highest BCUT2D eigenvalue weighted by molar-refractivity contribution is 6.31. The molecule has 2 amide bonds. The molecule has 4 atom stereocenters. The second kappa shape index (κ2) is 11.8. The number of likely N-dealkylation sites (tertiary alicyclic amines) is 1. The van der Waals surface area contributed by atoms with Crippen LogP contribution in [0.5, 0.6) is 0 Å². The second-order valence-corrected chi connectivity index (χ2v) is 10.4. The van der Waals surface area contributed by atoms with E-state index in [9.17, 15) is 9.59 Å². The van der Waals surface area contributed by atoms with Gasteiger partial charge in [-0.05, 0) is 48.2 Å². The fourth-order valence-electron chi connectivity index (χ4n) is 4.99. The van der Waals surface area contributed by atoms with Crippen molar-refractivity contribution >= 4 is 29.6 Å². The Morgan fingerprint density at radius 1 is 1.33 bits per heavy atom. The average Bonchev–Trinajstić information content (AvgIpc) is 2.71. The number of piperidine rings is 1. The summed E-state index contributed by atoms with van der Waals surface area (Å²) >= 11 is 6.10. The fraction of sp³-hybridized carbons (Fsp3) is 0.640. The molecule has 1 aliphatic carbocycles. The van der Waals surface area contributed by atoms with Crippen LogP contribution in [-0.2, 0) is 9.59 Å². The minimum absolute atomic E-state index is 0. The van der Waals surface area contributed by atoms with E-state index < -0.39 is 12.0 Å². The molecule has 2 heterocycles. The molecule has 0 radical (unpaired) electrons. The molecule has 1 saturated heterocycles. The van der Waals surface area contributed by atoms with Crippen LogP contribution < -0.4 is 11.1 Å². The molecule has 0 aromatic rings. The SMILES string of the molecule is C.CC(C)[C@@H](NC(=O)C1C=C(N)C=NC1)C(=O)N1CC[C@H](C2C=CC(Cl)=CC2)C(C)(C)C1.O. The highest BCUT2D eigenvalue weighted by atomic mass is 35.5. The lowest BCUT2D eigenvalue weighted by Crippen LogP contribution is -2.57. The van der Waals surface area contributed by atoms with Crippen LogP contribution >= 0.6 is 11.6 Å². The summed E-state index contributed by atoms with van der Waals surface area (Å²) in [5.74, 6) is 0.275. The molecule has 3 rings (SSSR count). The number of aliphatic imine (C=N–C) groups is 1. The Labute approximate surface area is 203 Å². The van der Waals surface area contributed by atoms with E-state index in [1.54, 1.807) is 12.3 Å². The number of halogens is 1. The molecule has 2 aliphatic heterocycles. The normalized spacial score (nSPS) is 27.0. The first-order valence-electron chi connectivity index (χ1n) is 11.2. The highest BCUT2D eigenvalue weighted by Gasteiger charge is 2.42. The third-order valence-electron chi connectivity index (χ3n) is 6.73. The molecular formula is C25H41ClN4O3. The summed E-state index contributed by atoms with van der Waals surface area (Å²) in [6.45, 7) is 10.1. The Bertz CT molecular complexity index is 832. The predicted octanol–water partition coefficient (Wildman–Crippen LogP) is 3.06. The molecule has 7 nitrogen and oxygen atoms in total. The van der Waals surface area contributed by atoms with Crippen molar-refractivity contribution in [3.8, 4) is 0 Å². The van der Waals surface area contributed by atoms with Crippen LogP contribution in [0.25, 0.3) is 0 Å². The summed E-state index contributed by atoms with van der Waals surface area (Å²) in [6.07, 6.45) is 11.4. The van der Waals surface area contributed by atoms with Gasteiger partial charge in [0.2, 0.25) is 11.8 Å². The van der Waals surface area contributed by atoms with Crippen molar-refractivity contribution in [2.45, 2.75) is 54.0 Å². The minimum Gasteiger partial charge on any atom is -0.412 e. The summed E-state index contributed by atoms with van der Waals surface area (Å²) < 4.78 is 0. The van der Waals surface area contributed by atoms with Gasteiger partial charge >= 0.3 is 0 Å². The Morgan fingerprint density at radius 2 is 2.03 bits per heavy atom. The molecule has 0 spiro atoms. The third-order valence-corrected chi connectivity index (χ3v) is 7.01. The molecule has 0 bridgehead atoms. The molecule has 0 aromatic heterocycles. The van der Waals surface area contributed by atoms with Gasteiger partial charge in [0.05, 0.1) is 12.5 Å². The van der Waals surface area contributed by atoms with Crippen LogP contribution in [0.4, 0.5) is 0 Å². The quantitative estimate of drug-likeness (QED) is 0.629. The van der Waals surface area contributed by atoms with Gasteiger partial charge in [-0.1, -0.05) is 58.9 Å². The van der Waals surface area contributed by atoms with E-state index in [2.05, 4.69) is 36.3 Å². The van der Waals surface area contributed by atoms with Crippen molar-refractivity contribution in [1.82, 2.24) is 10.2 Å². The molecular weight excluding hydrogens is 440 g/mol.